The molecule has 1 fully saturated rings. The van der Waals surface area contributed by atoms with Crippen LogP contribution in [0.5, 0.6) is 0 Å². The van der Waals surface area contributed by atoms with E-state index < -0.39 is 6.10 Å². The molecule has 100 valence electrons. The number of aromatic nitrogens is 2. The number of imidazole rings is 1. The predicted molar refractivity (Wildman–Crippen MR) is 66.5 cm³/mol. The molecule has 2 heterocycles. The number of nitrogens with zero attached hydrogens (tertiary/aromatic N) is 2. The molecular weight excluding hydrogens is 232 g/mol. The first-order chi connectivity index (χ1) is 8.61. The van der Waals surface area contributed by atoms with Gasteiger partial charge in [-0.25, -0.2) is 10.8 Å². The van der Waals surface area contributed by atoms with Gasteiger partial charge in [-0.1, -0.05) is 13.8 Å². The number of nitrogens with two attached hydrogens (primary N) is 1. The molecule has 1 saturated heterocycles. The van der Waals surface area contributed by atoms with Crippen molar-refractivity contribution in [3.8, 4) is 0 Å². The Bertz CT molecular complexity index is 416. The monoisotopic (exact) mass is 252 g/mol. The second kappa shape index (κ2) is 5.49. The zero-order valence-corrected chi connectivity index (χ0v) is 10.8. The van der Waals surface area contributed by atoms with E-state index in [2.05, 4.69) is 28.8 Å². The molecule has 18 heavy (non-hydrogen) atoms. The average Bonchev–Trinajstić information content (AvgIpc) is 2.97. The van der Waals surface area contributed by atoms with Gasteiger partial charge in [-0.05, 0) is 12.8 Å². The van der Waals surface area contributed by atoms with E-state index in [0.29, 0.717) is 5.92 Å². The van der Waals surface area contributed by atoms with Gasteiger partial charge in [0.15, 0.2) is 0 Å². The predicted octanol–water partition coefficient (Wildman–Crippen LogP) is 0.544. The van der Waals surface area contributed by atoms with Crippen LogP contribution in [0.2, 0.25) is 0 Å². The van der Waals surface area contributed by atoms with Crippen LogP contribution >= 0.6 is 0 Å². The number of hydrazine groups is 1. The van der Waals surface area contributed by atoms with Crippen LogP contribution in [0.15, 0.2) is 12.4 Å². The van der Waals surface area contributed by atoms with Crippen molar-refractivity contribution in [2.45, 2.75) is 51.4 Å². The third-order valence-corrected chi connectivity index (χ3v) is 3.21. The molecular formula is C12H20N4O2. The van der Waals surface area contributed by atoms with E-state index in [-0.39, 0.29) is 12.0 Å². The van der Waals surface area contributed by atoms with E-state index in [1.54, 1.807) is 6.20 Å². The van der Waals surface area contributed by atoms with E-state index in [4.69, 9.17) is 10.6 Å². The van der Waals surface area contributed by atoms with Gasteiger partial charge in [-0.3, -0.25) is 10.2 Å². The molecule has 0 spiro atoms. The maximum Gasteiger partial charge on any atom is 0.263 e. The summed E-state index contributed by atoms with van der Waals surface area (Å²) in [5.41, 5.74) is 2.13. The second-order valence-electron chi connectivity index (χ2n) is 4.93. The molecule has 3 N–H and O–H groups in total. The number of hydrogen-bond acceptors (Lipinski definition) is 4. The summed E-state index contributed by atoms with van der Waals surface area (Å²) in [4.78, 5) is 15.7. The molecule has 1 aromatic rings. The first-order valence-corrected chi connectivity index (χ1v) is 6.28. The summed E-state index contributed by atoms with van der Waals surface area (Å²) in [7, 11) is 0. The van der Waals surface area contributed by atoms with Crippen molar-refractivity contribution < 1.29 is 9.53 Å². The maximum atomic E-state index is 11.4. The van der Waals surface area contributed by atoms with Gasteiger partial charge in [-0.15, -0.1) is 0 Å². The Kier molecular flexibility index (Phi) is 3.98. The molecule has 2 atom stereocenters. The number of hydrogen-bond donors (Lipinski definition) is 2. The number of carbonyl (C=O) groups excluding carboxylic acids is 1. The molecule has 2 unspecified atom stereocenters. The first kappa shape index (κ1) is 13.0. The molecule has 6 heteroatoms. The van der Waals surface area contributed by atoms with Crippen molar-refractivity contribution >= 4 is 5.91 Å². The number of rotatable bonds is 4. The third kappa shape index (κ3) is 2.70. The normalized spacial score (nSPS) is 23.6. The van der Waals surface area contributed by atoms with Gasteiger partial charge in [-0.2, -0.15) is 0 Å². The second-order valence-corrected chi connectivity index (χ2v) is 4.93. The highest BCUT2D eigenvalue weighted by Gasteiger charge is 2.30. The summed E-state index contributed by atoms with van der Waals surface area (Å²) in [5.74, 6) is 6.28. The third-order valence-electron chi connectivity index (χ3n) is 3.21. The lowest BCUT2D eigenvalue weighted by molar-refractivity contribution is -0.132. The highest BCUT2D eigenvalue weighted by molar-refractivity contribution is 5.80. The smallest absolute Gasteiger partial charge is 0.263 e. The summed E-state index contributed by atoms with van der Waals surface area (Å²) >= 11 is 0. The lowest BCUT2D eigenvalue weighted by Gasteiger charge is -2.16. The Balaban J connectivity index is 1.95. The van der Waals surface area contributed by atoms with Gasteiger partial charge in [0, 0.05) is 18.3 Å². The zero-order chi connectivity index (χ0) is 13.1. The number of carbonyl (C=O) groups is 1. The molecule has 0 aromatic carbocycles. The lowest BCUT2D eigenvalue weighted by Crippen LogP contribution is -2.39. The van der Waals surface area contributed by atoms with Gasteiger partial charge < -0.3 is 9.30 Å². The van der Waals surface area contributed by atoms with E-state index in [0.717, 1.165) is 25.2 Å². The molecule has 0 bridgehead atoms. The van der Waals surface area contributed by atoms with Crippen LogP contribution in [0.25, 0.3) is 0 Å². The molecule has 1 amide bonds. The van der Waals surface area contributed by atoms with Crippen LogP contribution < -0.4 is 11.3 Å². The van der Waals surface area contributed by atoms with Crippen LogP contribution in [-0.2, 0) is 16.1 Å². The zero-order valence-electron chi connectivity index (χ0n) is 10.8. The standard InChI is InChI=1S/C12H20N4O2/c1-8(2)11-14-5-6-16(11)7-9-3-4-10(18-9)12(17)15-13/h5-6,8-10H,3-4,7,13H2,1-2H3,(H,15,17). The Labute approximate surface area is 106 Å². The van der Waals surface area contributed by atoms with E-state index in [1.165, 1.54) is 0 Å². The Hall–Kier alpha value is -1.40. The summed E-state index contributed by atoms with van der Waals surface area (Å²) in [6.45, 7) is 4.96. The van der Waals surface area contributed by atoms with Gasteiger partial charge in [0.2, 0.25) is 0 Å². The van der Waals surface area contributed by atoms with Crippen molar-refractivity contribution in [3.05, 3.63) is 18.2 Å². The quantitative estimate of drug-likeness (QED) is 0.465. The topological polar surface area (TPSA) is 82.2 Å². The van der Waals surface area contributed by atoms with Crippen LogP contribution in [0.1, 0.15) is 38.4 Å². The summed E-state index contributed by atoms with van der Waals surface area (Å²) in [6.07, 6.45) is 4.99. The summed E-state index contributed by atoms with van der Waals surface area (Å²) in [6, 6.07) is 0. The molecule has 0 saturated carbocycles. The van der Waals surface area contributed by atoms with Gasteiger partial charge in [0.1, 0.15) is 11.9 Å². The van der Waals surface area contributed by atoms with Gasteiger partial charge >= 0.3 is 0 Å². The van der Waals surface area contributed by atoms with Crippen molar-refractivity contribution in [1.82, 2.24) is 15.0 Å². The average molecular weight is 252 g/mol. The van der Waals surface area contributed by atoms with Crippen LogP contribution in [0, 0.1) is 0 Å². The Morgan fingerprint density at radius 1 is 1.67 bits per heavy atom. The van der Waals surface area contributed by atoms with Crippen LogP contribution in [-0.4, -0.2) is 27.7 Å². The number of nitrogens with one attached hydrogen (secondary N) is 1. The van der Waals surface area contributed by atoms with Crippen LogP contribution in [0.3, 0.4) is 0 Å². The van der Waals surface area contributed by atoms with E-state index >= 15 is 0 Å². The Morgan fingerprint density at radius 2 is 2.44 bits per heavy atom. The highest BCUT2D eigenvalue weighted by atomic mass is 16.5. The minimum absolute atomic E-state index is 0.0546. The lowest BCUT2D eigenvalue weighted by atomic mass is 10.1. The number of amides is 1. The van der Waals surface area contributed by atoms with Crippen molar-refractivity contribution in [2.24, 2.45) is 5.84 Å². The minimum atomic E-state index is -0.411. The van der Waals surface area contributed by atoms with Crippen LogP contribution in [0.4, 0.5) is 0 Å². The fourth-order valence-corrected chi connectivity index (χ4v) is 2.32. The highest BCUT2D eigenvalue weighted by Crippen LogP contribution is 2.22. The van der Waals surface area contributed by atoms with Gasteiger partial charge in [0.05, 0.1) is 12.6 Å². The fraction of sp³-hybridized carbons (Fsp3) is 0.667. The summed E-state index contributed by atoms with van der Waals surface area (Å²) < 4.78 is 7.78. The molecule has 1 aliphatic rings. The SMILES string of the molecule is CC(C)c1nccn1CC1CCC(C(=O)NN)O1. The molecule has 1 aliphatic heterocycles. The van der Waals surface area contributed by atoms with Crippen molar-refractivity contribution in [3.63, 3.8) is 0 Å². The molecule has 6 nitrogen and oxygen atoms in total. The maximum absolute atomic E-state index is 11.4. The van der Waals surface area contributed by atoms with Crippen molar-refractivity contribution in [2.75, 3.05) is 0 Å². The molecule has 0 radical (unpaired) electrons. The molecule has 1 aromatic heterocycles. The first-order valence-electron chi connectivity index (χ1n) is 6.28. The Morgan fingerprint density at radius 3 is 3.11 bits per heavy atom. The van der Waals surface area contributed by atoms with E-state index in [1.807, 2.05) is 6.20 Å². The molecule has 2 rings (SSSR count). The summed E-state index contributed by atoms with van der Waals surface area (Å²) in [5, 5.41) is 0. The minimum Gasteiger partial charge on any atom is -0.363 e. The van der Waals surface area contributed by atoms with E-state index in [9.17, 15) is 4.79 Å². The van der Waals surface area contributed by atoms with Gasteiger partial charge in [0.25, 0.3) is 5.91 Å². The number of ether oxygens (including phenoxy) is 1. The largest absolute Gasteiger partial charge is 0.363 e. The van der Waals surface area contributed by atoms with Crippen molar-refractivity contribution in [1.29, 1.82) is 0 Å². The molecule has 0 aliphatic carbocycles. The fourth-order valence-electron chi connectivity index (χ4n) is 2.32.